The van der Waals surface area contributed by atoms with E-state index >= 15 is 0 Å². The molecule has 5 rings (SSSR count). The predicted octanol–water partition coefficient (Wildman–Crippen LogP) is 4.76. The van der Waals surface area contributed by atoms with E-state index in [4.69, 9.17) is 16.6 Å². The number of amidine groups is 2. The third-order valence-corrected chi connectivity index (χ3v) is 6.76. The summed E-state index contributed by atoms with van der Waals surface area (Å²) in [6, 6.07) is 24.0. The minimum atomic E-state index is -0.624. The molecule has 2 aliphatic heterocycles. The number of benzene rings is 3. The average Bonchev–Trinajstić information content (AvgIpc) is 3.22. The first-order valence-electron chi connectivity index (χ1n) is 10.9. The number of carbonyl (C=O) groups excluding carboxylic acids is 2. The van der Waals surface area contributed by atoms with Gasteiger partial charge in [-0.1, -0.05) is 78.0 Å². The number of hydrogen-bond donors (Lipinski definition) is 1. The maximum absolute atomic E-state index is 13.4. The second-order valence-electron chi connectivity index (χ2n) is 7.87. The van der Waals surface area contributed by atoms with Gasteiger partial charge in [-0.15, -0.1) is 0 Å². The minimum absolute atomic E-state index is 0.120. The van der Waals surface area contributed by atoms with Gasteiger partial charge in [-0.3, -0.25) is 9.59 Å². The van der Waals surface area contributed by atoms with Gasteiger partial charge in [0.2, 0.25) is 5.91 Å². The lowest BCUT2D eigenvalue weighted by Gasteiger charge is -2.25. The predicted molar refractivity (Wildman–Crippen MR) is 137 cm³/mol. The Kier molecular flexibility index (Phi) is 6.47. The highest BCUT2D eigenvalue weighted by atomic mass is 35.5. The van der Waals surface area contributed by atoms with Crippen molar-refractivity contribution >= 4 is 51.9 Å². The molecule has 34 heavy (non-hydrogen) atoms. The van der Waals surface area contributed by atoms with E-state index in [9.17, 15) is 9.59 Å². The fraction of sp³-hybridized carbons (Fsp3) is 0.154. The normalized spacial score (nSPS) is 16.4. The number of aliphatic imine (C=N–C) groups is 2. The van der Waals surface area contributed by atoms with Crippen LogP contribution in [0.5, 0.6) is 0 Å². The number of halogens is 1. The van der Waals surface area contributed by atoms with E-state index in [2.05, 4.69) is 10.3 Å². The van der Waals surface area contributed by atoms with Crippen LogP contribution < -0.4 is 5.32 Å². The molecule has 170 valence electrons. The molecule has 8 heteroatoms. The Labute approximate surface area is 206 Å². The Hall–Kier alpha value is -3.42. The Morgan fingerprint density at radius 1 is 1.00 bits per heavy atom. The van der Waals surface area contributed by atoms with E-state index in [0.29, 0.717) is 29.0 Å². The van der Waals surface area contributed by atoms with Crippen LogP contribution in [0.15, 0.2) is 88.8 Å². The molecule has 0 aromatic heterocycles. The molecule has 2 heterocycles. The van der Waals surface area contributed by atoms with E-state index in [1.54, 1.807) is 4.90 Å². The number of hydrogen-bond acceptors (Lipinski definition) is 5. The molecule has 0 radical (unpaired) electrons. The summed E-state index contributed by atoms with van der Waals surface area (Å²) in [5, 5.41) is 4.08. The molecule has 0 spiro atoms. The van der Waals surface area contributed by atoms with Crippen molar-refractivity contribution < 1.29 is 9.59 Å². The lowest BCUT2D eigenvalue weighted by Crippen LogP contribution is -2.40. The van der Waals surface area contributed by atoms with Crippen molar-refractivity contribution in [2.75, 3.05) is 12.3 Å². The topological polar surface area (TPSA) is 74.1 Å². The van der Waals surface area contributed by atoms with E-state index in [1.165, 1.54) is 11.8 Å². The number of para-hydroxylation sites is 1. The summed E-state index contributed by atoms with van der Waals surface area (Å²) in [5.74, 6) is 0.444. The molecule has 2 amide bonds. The van der Waals surface area contributed by atoms with Gasteiger partial charge in [0, 0.05) is 17.1 Å². The van der Waals surface area contributed by atoms with Crippen LogP contribution in [0.1, 0.15) is 22.7 Å². The second kappa shape index (κ2) is 9.83. The quantitative estimate of drug-likeness (QED) is 0.543. The molecular weight excluding hydrogens is 468 g/mol. The summed E-state index contributed by atoms with van der Waals surface area (Å²) in [5.41, 5.74) is 3.48. The SMILES string of the molecule is O=C(CSC1=Nc2ccccc2C2=NC(c3ccccc3)C(=O)N12)NCCc1ccc(Cl)cc1. The third-order valence-electron chi connectivity index (χ3n) is 5.57. The number of fused-ring (bicyclic) bond motifs is 3. The molecule has 1 unspecified atom stereocenters. The largest absolute Gasteiger partial charge is 0.355 e. The Morgan fingerprint density at radius 2 is 1.74 bits per heavy atom. The van der Waals surface area contributed by atoms with Crippen molar-refractivity contribution in [3.63, 3.8) is 0 Å². The van der Waals surface area contributed by atoms with Gasteiger partial charge in [-0.05, 0) is 41.8 Å². The molecule has 2 aliphatic rings. The van der Waals surface area contributed by atoms with Crippen molar-refractivity contribution in [3.05, 3.63) is 101 Å². The van der Waals surface area contributed by atoms with Crippen LogP contribution in [0.2, 0.25) is 5.02 Å². The summed E-state index contributed by atoms with van der Waals surface area (Å²) < 4.78 is 0. The molecule has 0 saturated heterocycles. The van der Waals surface area contributed by atoms with Gasteiger partial charge in [-0.25, -0.2) is 14.9 Å². The fourth-order valence-corrected chi connectivity index (χ4v) is 4.83. The third kappa shape index (κ3) is 4.62. The zero-order valence-corrected chi connectivity index (χ0v) is 19.7. The van der Waals surface area contributed by atoms with Gasteiger partial charge >= 0.3 is 0 Å². The van der Waals surface area contributed by atoms with Crippen LogP contribution in [0, 0.1) is 0 Å². The van der Waals surface area contributed by atoms with Crippen molar-refractivity contribution in [1.29, 1.82) is 0 Å². The molecule has 3 aromatic rings. The maximum atomic E-state index is 13.4. The Morgan fingerprint density at radius 3 is 2.53 bits per heavy atom. The monoisotopic (exact) mass is 488 g/mol. The first-order chi connectivity index (χ1) is 16.6. The van der Waals surface area contributed by atoms with E-state index in [0.717, 1.165) is 22.4 Å². The second-order valence-corrected chi connectivity index (χ2v) is 9.25. The summed E-state index contributed by atoms with van der Waals surface area (Å²) >= 11 is 7.15. The van der Waals surface area contributed by atoms with Crippen molar-refractivity contribution in [2.45, 2.75) is 12.5 Å². The van der Waals surface area contributed by atoms with Gasteiger partial charge < -0.3 is 5.32 Å². The smallest absolute Gasteiger partial charge is 0.263 e. The van der Waals surface area contributed by atoms with Crippen LogP contribution in [-0.4, -0.2) is 40.0 Å². The van der Waals surface area contributed by atoms with Crippen LogP contribution in [0.4, 0.5) is 5.69 Å². The molecule has 1 atom stereocenters. The summed E-state index contributed by atoms with van der Waals surface area (Å²) in [4.78, 5) is 36.9. The first-order valence-corrected chi connectivity index (χ1v) is 12.3. The van der Waals surface area contributed by atoms with Gasteiger partial charge in [0.1, 0.15) is 5.84 Å². The molecule has 6 nitrogen and oxygen atoms in total. The summed E-state index contributed by atoms with van der Waals surface area (Å²) in [7, 11) is 0. The molecule has 0 fully saturated rings. The van der Waals surface area contributed by atoms with Gasteiger partial charge in [0.15, 0.2) is 11.2 Å². The summed E-state index contributed by atoms with van der Waals surface area (Å²) in [6.07, 6.45) is 0.710. The molecule has 1 N–H and O–H groups in total. The van der Waals surface area contributed by atoms with Crippen molar-refractivity contribution in [2.24, 2.45) is 9.98 Å². The molecule has 0 bridgehead atoms. The fourth-order valence-electron chi connectivity index (χ4n) is 3.88. The van der Waals surface area contributed by atoms with Gasteiger partial charge in [0.05, 0.1) is 11.4 Å². The Balaban J connectivity index is 1.28. The highest BCUT2D eigenvalue weighted by Gasteiger charge is 2.42. The van der Waals surface area contributed by atoms with E-state index in [1.807, 2.05) is 78.9 Å². The van der Waals surface area contributed by atoms with Crippen molar-refractivity contribution in [3.8, 4) is 0 Å². The van der Waals surface area contributed by atoms with Crippen molar-refractivity contribution in [1.82, 2.24) is 10.2 Å². The minimum Gasteiger partial charge on any atom is -0.355 e. The standard InChI is InChI=1S/C26H21ClN4O2S/c27-19-12-10-17(11-13-19)14-15-28-22(32)16-34-26-29-21-9-5-4-8-20(21)24-30-23(25(33)31(24)26)18-6-2-1-3-7-18/h1-13,23H,14-16H2,(H,28,32). The molecule has 0 aliphatic carbocycles. The lowest BCUT2D eigenvalue weighted by molar-refractivity contribution is -0.124. The van der Waals surface area contributed by atoms with Crippen LogP contribution in [-0.2, 0) is 16.0 Å². The van der Waals surface area contributed by atoms with E-state index in [-0.39, 0.29) is 17.6 Å². The van der Waals surface area contributed by atoms with Crippen LogP contribution in [0.25, 0.3) is 0 Å². The molecule has 0 saturated carbocycles. The number of nitrogens with zero attached hydrogens (tertiary/aromatic N) is 3. The molecule has 3 aromatic carbocycles. The van der Waals surface area contributed by atoms with Crippen LogP contribution in [0.3, 0.4) is 0 Å². The first kappa shape index (κ1) is 22.4. The Bertz CT molecular complexity index is 1290. The average molecular weight is 489 g/mol. The number of rotatable bonds is 6. The van der Waals surface area contributed by atoms with Crippen LogP contribution >= 0.6 is 23.4 Å². The zero-order valence-electron chi connectivity index (χ0n) is 18.1. The number of nitrogens with one attached hydrogen (secondary N) is 1. The zero-order chi connectivity index (χ0) is 23.5. The molecular formula is C26H21ClN4O2S. The van der Waals surface area contributed by atoms with Gasteiger partial charge in [-0.2, -0.15) is 0 Å². The number of amides is 2. The number of thioether (sulfide) groups is 1. The number of carbonyl (C=O) groups is 2. The maximum Gasteiger partial charge on any atom is 0.263 e. The highest BCUT2D eigenvalue weighted by molar-refractivity contribution is 8.14. The highest BCUT2D eigenvalue weighted by Crippen LogP contribution is 2.37. The lowest BCUT2D eigenvalue weighted by atomic mass is 10.1. The van der Waals surface area contributed by atoms with E-state index < -0.39 is 6.04 Å². The van der Waals surface area contributed by atoms with Gasteiger partial charge in [0.25, 0.3) is 5.91 Å². The summed E-state index contributed by atoms with van der Waals surface area (Å²) in [6.45, 7) is 0.516.